The van der Waals surface area contributed by atoms with Gasteiger partial charge in [0.25, 0.3) is 0 Å². The molecule has 0 spiro atoms. The van der Waals surface area contributed by atoms with Gasteiger partial charge in [-0.05, 0) is 48.9 Å². The van der Waals surface area contributed by atoms with E-state index in [0.29, 0.717) is 11.3 Å². The van der Waals surface area contributed by atoms with Crippen LogP contribution in [0.3, 0.4) is 0 Å². The molecule has 2 fully saturated rings. The molecule has 0 saturated heterocycles. The smallest absolute Gasteiger partial charge is 0.0661 e. The Morgan fingerprint density at radius 1 is 1.31 bits per heavy atom. The van der Waals surface area contributed by atoms with Gasteiger partial charge in [0.05, 0.1) is 12.0 Å². The monoisotopic (exact) mass is 219 g/mol. The molecule has 90 valence electrons. The first kappa shape index (κ1) is 12.0. The van der Waals surface area contributed by atoms with Gasteiger partial charge in [0.15, 0.2) is 0 Å². The lowest BCUT2D eigenvalue weighted by Crippen LogP contribution is -2.40. The predicted octanol–water partition coefficient (Wildman–Crippen LogP) is 4.39. The van der Waals surface area contributed by atoms with E-state index in [1.54, 1.807) is 0 Å². The second-order valence-corrected chi connectivity index (χ2v) is 6.34. The first-order valence-corrected chi connectivity index (χ1v) is 7.03. The number of fused-ring (bicyclic) bond motifs is 1. The van der Waals surface area contributed by atoms with Gasteiger partial charge in [-0.3, -0.25) is 0 Å². The van der Waals surface area contributed by atoms with Crippen LogP contribution in [0.15, 0.2) is 0 Å². The molecule has 2 aliphatic rings. The summed E-state index contributed by atoms with van der Waals surface area (Å²) in [5, 5.41) is 9.30. The summed E-state index contributed by atoms with van der Waals surface area (Å²) in [4.78, 5) is 0. The third kappa shape index (κ3) is 1.67. The van der Waals surface area contributed by atoms with Crippen molar-refractivity contribution in [3.8, 4) is 6.07 Å². The number of hydrogen-bond acceptors (Lipinski definition) is 1. The second-order valence-electron chi connectivity index (χ2n) is 6.34. The van der Waals surface area contributed by atoms with Gasteiger partial charge in [0.2, 0.25) is 0 Å². The van der Waals surface area contributed by atoms with E-state index in [9.17, 15) is 5.26 Å². The minimum Gasteiger partial charge on any atom is -0.198 e. The lowest BCUT2D eigenvalue weighted by atomic mass is 9.58. The molecule has 2 saturated carbocycles. The summed E-state index contributed by atoms with van der Waals surface area (Å²) < 4.78 is 0. The maximum atomic E-state index is 9.30. The highest BCUT2D eigenvalue weighted by atomic mass is 14.6. The lowest BCUT2D eigenvalue weighted by Gasteiger charge is -2.46. The summed E-state index contributed by atoms with van der Waals surface area (Å²) in [6.45, 7) is 7.13. The molecule has 16 heavy (non-hydrogen) atoms. The summed E-state index contributed by atoms with van der Waals surface area (Å²) in [5.41, 5.74) is 0.348. The SMILES string of the molecule is CCCC1C(C)CCC2(C)C(C#N)CCC12. The van der Waals surface area contributed by atoms with Gasteiger partial charge in [-0.2, -0.15) is 5.26 Å². The van der Waals surface area contributed by atoms with Gasteiger partial charge >= 0.3 is 0 Å². The number of rotatable bonds is 2. The van der Waals surface area contributed by atoms with E-state index in [1.165, 1.54) is 32.1 Å². The Kier molecular flexibility index (Phi) is 3.29. The van der Waals surface area contributed by atoms with Crippen LogP contribution in [0, 0.1) is 40.4 Å². The maximum Gasteiger partial charge on any atom is 0.0661 e. The normalized spacial score (nSPS) is 47.4. The average Bonchev–Trinajstić information content (AvgIpc) is 2.60. The highest BCUT2D eigenvalue weighted by Crippen LogP contribution is 2.59. The Bertz CT molecular complexity index is 290. The summed E-state index contributed by atoms with van der Waals surface area (Å²) >= 11 is 0. The van der Waals surface area contributed by atoms with Crippen molar-refractivity contribution in [2.75, 3.05) is 0 Å². The minimum atomic E-state index is 0.337. The Morgan fingerprint density at radius 3 is 2.69 bits per heavy atom. The van der Waals surface area contributed by atoms with E-state index in [1.807, 2.05) is 0 Å². The zero-order valence-corrected chi connectivity index (χ0v) is 11.0. The molecular weight excluding hydrogens is 194 g/mol. The van der Waals surface area contributed by atoms with Crippen molar-refractivity contribution in [3.05, 3.63) is 0 Å². The molecule has 5 atom stereocenters. The Morgan fingerprint density at radius 2 is 2.06 bits per heavy atom. The van der Waals surface area contributed by atoms with Gasteiger partial charge in [-0.25, -0.2) is 0 Å². The molecule has 0 aromatic carbocycles. The Hall–Kier alpha value is -0.510. The molecule has 1 nitrogen and oxygen atoms in total. The lowest BCUT2D eigenvalue weighted by molar-refractivity contribution is 0.0267. The topological polar surface area (TPSA) is 23.8 Å². The number of nitriles is 1. The fourth-order valence-corrected chi connectivity index (χ4v) is 4.51. The molecule has 0 amide bonds. The Labute approximate surface area is 100 Å². The van der Waals surface area contributed by atoms with Gasteiger partial charge in [-0.15, -0.1) is 0 Å². The fourth-order valence-electron chi connectivity index (χ4n) is 4.51. The first-order chi connectivity index (χ1) is 7.63. The molecule has 0 aliphatic heterocycles. The molecule has 0 aromatic heterocycles. The largest absolute Gasteiger partial charge is 0.198 e. The maximum absolute atomic E-state index is 9.30. The number of hydrogen-bond donors (Lipinski definition) is 0. The van der Waals surface area contributed by atoms with Crippen LogP contribution in [0.25, 0.3) is 0 Å². The third-order valence-corrected chi connectivity index (χ3v) is 5.57. The molecular formula is C15H25N. The quantitative estimate of drug-likeness (QED) is 0.675. The van der Waals surface area contributed by atoms with Crippen molar-refractivity contribution in [2.45, 2.75) is 59.3 Å². The first-order valence-electron chi connectivity index (χ1n) is 7.03. The van der Waals surface area contributed by atoms with Crippen LogP contribution < -0.4 is 0 Å². The van der Waals surface area contributed by atoms with Crippen LogP contribution in [0.4, 0.5) is 0 Å². The zero-order chi connectivity index (χ0) is 11.8. The van der Waals surface area contributed by atoms with E-state index >= 15 is 0 Å². The van der Waals surface area contributed by atoms with Gasteiger partial charge < -0.3 is 0 Å². The van der Waals surface area contributed by atoms with Crippen molar-refractivity contribution in [3.63, 3.8) is 0 Å². The molecule has 2 aliphatic carbocycles. The molecule has 0 bridgehead atoms. The summed E-state index contributed by atoms with van der Waals surface area (Å²) in [6, 6.07) is 2.58. The van der Waals surface area contributed by atoms with Gasteiger partial charge in [0, 0.05) is 0 Å². The van der Waals surface area contributed by atoms with Crippen LogP contribution in [0.2, 0.25) is 0 Å². The zero-order valence-electron chi connectivity index (χ0n) is 11.0. The minimum absolute atomic E-state index is 0.337. The predicted molar refractivity (Wildman–Crippen MR) is 66.7 cm³/mol. The third-order valence-electron chi connectivity index (χ3n) is 5.57. The summed E-state index contributed by atoms with van der Waals surface area (Å²) in [6.07, 6.45) is 7.78. The second kappa shape index (κ2) is 4.40. The van der Waals surface area contributed by atoms with Crippen LogP contribution in [-0.2, 0) is 0 Å². The molecule has 1 heteroatoms. The molecule has 0 radical (unpaired) electrons. The Balaban J connectivity index is 2.21. The average molecular weight is 219 g/mol. The molecule has 5 unspecified atom stereocenters. The van der Waals surface area contributed by atoms with Gasteiger partial charge in [0.1, 0.15) is 0 Å². The van der Waals surface area contributed by atoms with E-state index in [-0.39, 0.29) is 0 Å². The van der Waals surface area contributed by atoms with Crippen LogP contribution >= 0.6 is 0 Å². The van der Waals surface area contributed by atoms with E-state index in [0.717, 1.165) is 24.2 Å². The van der Waals surface area contributed by atoms with Crippen molar-refractivity contribution in [1.29, 1.82) is 5.26 Å². The van der Waals surface area contributed by atoms with Crippen LogP contribution in [-0.4, -0.2) is 0 Å². The summed E-state index contributed by atoms with van der Waals surface area (Å²) in [7, 11) is 0. The summed E-state index contributed by atoms with van der Waals surface area (Å²) in [5.74, 6) is 2.95. The van der Waals surface area contributed by atoms with Gasteiger partial charge in [-0.1, -0.05) is 33.6 Å². The van der Waals surface area contributed by atoms with Crippen molar-refractivity contribution >= 4 is 0 Å². The van der Waals surface area contributed by atoms with Crippen molar-refractivity contribution < 1.29 is 0 Å². The van der Waals surface area contributed by atoms with Crippen LogP contribution in [0.5, 0.6) is 0 Å². The van der Waals surface area contributed by atoms with E-state index < -0.39 is 0 Å². The number of nitrogens with zero attached hydrogens (tertiary/aromatic N) is 1. The molecule has 0 heterocycles. The van der Waals surface area contributed by atoms with E-state index in [2.05, 4.69) is 26.8 Å². The standard InChI is InChI=1S/C15H25N/c1-4-5-13-11(2)8-9-15(3)12(10-16)6-7-14(13)15/h11-14H,4-9H2,1-3H3. The van der Waals surface area contributed by atoms with Crippen molar-refractivity contribution in [1.82, 2.24) is 0 Å². The molecule has 2 rings (SSSR count). The molecule has 0 aromatic rings. The molecule has 0 N–H and O–H groups in total. The van der Waals surface area contributed by atoms with Crippen molar-refractivity contribution in [2.24, 2.45) is 29.1 Å². The fraction of sp³-hybridized carbons (Fsp3) is 0.933. The highest BCUT2D eigenvalue weighted by Gasteiger charge is 2.52. The van der Waals surface area contributed by atoms with Crippen LogP contribution in [0.1, 0.15) is 59.3 Å². The highest BCUT2D eigenvalue weighted by molar-refractivity contribution is 5.08. The van der Waals surface area contributed by atoms with E-state index in [4.69, 9.17) is 0 Å².